The van der Waals surface area contributed by atoms with Crippen LogP contribution in [0.4, 0.5) is 5.82 Å². The number of ether oxygens (including phenoxy) is 1. The Hall–Kier alpha value is -2.22. The maximum absolute atomic E-state index is 12.0. The third-order valence-corrected chi connectivity index (χ3v) is 3.21. The number of nitrogens with one attached hydrogen (secondary N) is 2. The van der Waals surface area contributed by atoms with E-state index in [1.54, 1.807) is 19.1 Å². The molecule has 1 aromatic heterocycles. The number of hydrogen-bond donors (Lipinski definition) is 2. The molecule has 2 rings (SSSR count). The van der Waals surface area contributed by atoms with Crippen molar-refractivity contribution < 1.29 is 14.3 Å². The quantitative estimate of drug-likeness (QED) is 0.700. The molecule has 8 nitrogen and oxygen atoms in total. The Balaban J connectivity index is 2.17. The van der Waals surface area contributed by atoms with Crippen LogP contribution >= 0.6 is 0 Å². The average Bonchev–Trinajstić information content (AvgIpc) is 2.54. The largest absolute Gasteiger partial charge is 0.464 e. The number of rotatable bonds is 4. The van der Waals surface area contributed by atoms with Crippen molar-refractivity contribution in [2.75, 3.05) is 38.2 Å². The van der Waals surface area contributed by atoms with Crippen LogP contribution in [0.2, 0.25) is 0 Å². The van der Waals surface area contributed by atoms with Crippen molar-refractivity contribution in [3.63, 3.8) is 0 Å². The summed E-state index contributed by atoms with van der Waals surface area (Å²) in [5.41, 5.74) is 0.240. The lowest BCUT2D eigenvalue weighted by Crippen LogP contribution is -2.56. The lowest BCUT2D eigenvalue weighted by molar-refractivity contribution is -0.144. The van der Waals surface area contributed by atoms with Crippen LogP contribution in [0.5, 0.6) is 0 Å². The summed E-state index contributed by atoms with van der Waals surface area (Å²) < 4.78 is 5.08. The van der Waals surface area contributed by atoms with Gasteiger partial charge in [-0.15, -0.1) is 10.2 Å². The highest BCUT2D eigenvalue weighted by Gasteiger charge is 2.31. The summed E-state index contributed by atoms with van der Waals surface area (Å²) in [6.45, 7) is 3.98. The molecule has 2 heterocycles. The first kappa shape index (κ1) is 15.2. The van der Waals surface area contributed by atoms with E-state index in [4.69, 9.17) is 4.74 Å². The van der Waals surface area contributed by atoms with Gasteiger partial charge in [-0.2, -0.15) is 0 Å². The second-order valence-corrected chi connectivity index (χ2v) is 4.52. The molecule has 8 heteroatoms. The molecule has 1 aromatic rings. The fourth-order valence-electron chi connectivity index (χ4n) is 2.16. The molecule has 0 radical (unpaired) electrons. The summed E-state index contributed by atoms with van der Waals surface area (Å²) in [6.07, 6.45) is 0. The lowest BCUT2D eigenvalue weighted by Gasteiger charge is -2.34. The van der Waals surface area contributed by atoms with E-state index in [0.717, 1.165) is 6.54 Å². The molecule has 0 bridgehead atoms. The van der Waals surface area contributed by atoms with Crippen molar-refractivity contribution in [1.82, 2.24) is 20.8 Å². The molecule has 0 saturated carbocycles. The topological polar surface area (TPSA) is 96.5 Å². The fraction of sp³-hybridized carbons (Fsp3) is 0.538. The summed E-state index contributed by atoms with van der Waals surface area (Å²) in [7, 11) is 1.53. The Kier molecular flexibility index (Phi) is 5.04. The standard InChI is InChI=1S/C13H19N5O3/c1-3-21-13(20)10-8-15-6-7-18(10)11-5-4-9(16-17-11)12(19)14-2/h4-5,10,15H,3,6-8H2,1-2H3,(H,14,19). The smallest absolute Gasteiger partial charge is 0.330 e. The van der Waals surface area contributed by atoms with E-state index < -0.39 is 6.04 Å². The SMILES string of the molecule is CCOC(=O)C1CNCCN1c1ccc(C(=O)NC)nn1. The first-order chi connectivity index (χ1) is 10.2. The van der Waals surface area contributed by atoms with Gasteiger partial charge in [0.1, 0.15) is 6.04 Å². The zero-order chi connectivity index (χ0) is 15.2. The minimum absolute atomic E-state index is 0.240. The number of amides is 1. The molecule has 1 saturated heterocycles. The van der Waals surface area contributed by atoms with Gasteiger partial charge in [0.05, 0.1) is 6.61 Å². The third kappa shape index (κ3) is 3.46. The second kappa shape index (κ2) is 6.98. The Morgan fingerprint density at radius 1 is 1.48 bits per heavy atom. The van der Waals surface area contributed by atoms with Crippen molar-refractivity contribution in [1.29, 1.82) is 0 Å². The monoisotopic (exact) mass is 293 g/mol. The summed E-state index contributed by atoms with van der Waals surface area (Å²) in [4.78, 5) is 25.3. The van der Waals surface area contributed by atoms with E-state index >= 15 is 0 Å². The maximum Gasteiger partial charge on any atom is 0.330 e. The van der Waals surface area contributed by atoms with Gasteiger partial charge in [-0.1, -0.05) is 0 Å². The van der Waals surface area contributed by atoms with Gasteiger partial charge in [0.25, 0.3) is 5.91 Å². The molecule has 1 fully saturated rings. The van der Waals surface area contributed by atoms with Gasteiger partial charge in [-0.05, 0) is 19.1 Å². The van der Waals surface area contributed by atoms with E-state index in [0.29, 0.717) is 25.5 Å². The molecule has 1 aliphatic heterocycles. The molecular weight excluding hydrogens is 274 g/mol. The van der Waals surface area contributed by atoms with Gasteiger partial charge in [-0.3, -0.25) is 4.79 Å². The molecule has 1 atom stereocenters. The highest BCUT2D eigenvalue weighted by molar-refractivity contribution is 5.92. The summed E-state index contributed by atoms with van der Waals surface area (Å²) in [6, 6.07) is 2.85. The minimum Gasteiger partial charge on any atom is -0.464 e. The van der Waals surface area contributed by atoms with Crippen LogP contribution in [0.15, 0.2) is 12.1 Å². The highest BCUT2D eigenvalue weighted by atomic mass is 16.5. The van der Waals surface area contributed by atoms with E-state index in [1.165, 1.54) is 7.05 Å². The third-order valence-electron chi connectivity index (χ3n) is 3.21. The Labute approximate surface area is 122 Å². The second-order valence-electron chi connectivity index (χ2n) is 4.52. The van der Waals surface area contributed by atoms with E-state index in [9.17, 15) is 9.59 Å². The molecule has 0 spiro atoms. The van der Waals surface area contributed by atoms with Crippen molar-refractivity contribution in [2.24, 2.45) is 0 Å². The predicted molar refractivity (Wildman–Crippen MR) is 76.1 cm³/mol. The predicted octanol–water partition coefficient (Wildman–Crippen LogP) is -0.822. The number of anilines is 1. The number of esters is 1. The van der Waals surface area contributed by atoms with Crippen molar-refractivity contribution in [3.05, 3.63) is 17.8 Å². The van der Waals surface area contributed by atoms with E-state index in [-0.39, 0.29) is 17.6 Å². The van der Waals surface area contributed by atoms with Crippen LogP contribution < -0.4 is 15.5 Å². The number of carbonyl (C=O) groups excluding carboxylic acids is 2. The zero-order valence-corrected chi connectivity index (χ0v) is 12.1. The Bertz CT molecular complexity index is 505. The first-order valence-electron chi connectivity index (χ1n) is 6.87. The first-order valence-corrected chi connectivity index (χ1v) is 6.87. The molecule has 0 aromatic carbocycles. The number of carbonyl (C=O) groups is 2. The van der Waals surface area contributed by atoms with Crippen LogP contribution in [0.3, 0.4) is 0 Å². The summed E-state index contributed by atoms with van der Waals surface area (Å²) in [5.74, 6) is -0.0274. The fourth-order valence-corrected chi connectivity index (χ4v) is 2.16. The van der Waals surface area contributed by atoms with Crippen molar-refractivity contribution >= 4 is 17.7 Å². The van der Waals surface area contributed by atoms with Gasteiger partial charge in [0.15, 0.2) is 11.5 Å². The van der Waals surface area contributed by atoms with Crippen LogP contribution in [-0.4, -0.2) is 61.4 Å². The van der Waals surface area contributed by atoms with Gasteiger partial charge < -0.3 is 20.3 Å². The molecule has 0 aliphatic carbocycles. The van der Waals surface area contributed by atoms with E-state index in [1.807, 2.05) is 4.90 Å². The lowest BCUT2D eigenvalue weighted by atomic mass is 10.2. The van der Waals surface area contributed by atoms with E-state index in [2.05, 4.69) is 20.8 Å². The van der Waals surface area contributed by atoms with Crippen LogP contribution in [-0.2, 0) is 9.53 Å². The summed E-state index contributed by atoms with van der Waals surface area (Å²) >= 11 is 0. The maximum atomic E-state index is 12.0. The Morgan fingerprint density at radius 2 is 2.29 bits per heavy atom. The average molecular weight is 293 g/mol. The van der Waals surface area contributed by atoms with Crippen LogP contribution in [0, 0.1) is 0 Å². The molecular formula is C13H19N5O3. The number of nitrogens with zero attached hydrogens (tertiary/aromatic N) is 3. The highest BCUT2D eigenvalue weighted by Crippen LogP contribution is 2.16. The summed E-state index contributed by atoms with van der Waals surface area (Å²) in [5, 5.41) is 13.6. The molecule has 1 unspecified atom stereocenters. The van der Waals surface area contributed by atoms with Crippen LogP contribution in [0.25, 0.3) is 0 Å². The van der Waals surface area contributed by atoms with Gasteiger partial charge >= 0.3 is 5.97 Å². The van der Waals surface area contributed by atoms with Gasteiger partial charge in [0.2, 0.25) is 0 Å². The molecule has 21 heavy (non-hydrogen) atoms. The number of hydrogen-bond acceptors (Lipinski definition) is 7. The zero-order valence-electron chi connectivity index (χ0n) is 12.1. The molecule has 1 aliphatic rings. The van der Waals surface area contributed by atoms with Crippen molar-refractivity contribution in [2.45, 2.75) is 13.0 Å². The number of piperazine rings is 1. The van der Waals surface area contributed by atoms with Gasteiger partial charge in [0, 0.05) is 26.7 Å². The Morgan fingerprint density at radius 3 is 2.90 bits per heavy atom. The van der Waals surface area contributed by atoms with Crippen molar-refractivity contribution in [3.8, 4) is 0 Å². The normalized spacial score (nSPS) is 18.2. The number of aromatic nitrogens is 2. The molecule has 2 N–H and O–H groups in total. The minimum atomic E-state index is -0.432. The van der Waals surface area contributed by atoms with Gasteiger partial charge in [-0.25, -0.2) is 4.79 Å². The van der Waals surface area contributed by atoms with Crippen LogP contribution in [0.1, 0.15) is 17.4 Å². The molecule has 114 valence electrons. The molecule has 1 amide bonds.